The van der Waals surface area contributed by atoms with E-state index in [2.05, 4.69) is 22.4 Å². The van der Waals surface area contributed by atoms with Gasteiger partial charge in [-0.2, -0.15) is 4.68 Å². The minimum atomic E-state index is -0.445. The zero-order chi connectivity index (χ0) is 18.5. The zero-order valence-electron chi connectivity index (χ0n) is 14.3. The van der Waals surface area contributed by atoms with Gasteiger partial charge in [0.1, 0.15) is 5.75 Å². The molecule has 0 bridgehead atoms. The van der Waals surface area contributed by atoms with Gasteiger partial charge in [0.2, 0.25) is 5.16 Å². The molecule has 1 heterocycles. The summed E-state index contributed by atoms with van der Waals surface area (Å²) in [6.45, 7) is 4.48. The number of benzene rings is 2. The number of ether oxygens (including phenoxy) is 1. The minimum absolute atomic E-state index is 0.00818. The predicted octanol–water partition coefficient (Wildman–Crippen LogP) is 3.36. The maximum absolute atomic E-state index is 10.8. The number of thioether (sulfide) groups is 1. The first-order valence-corrected chi connectivity index (χ1v) is 8.89. The number of aromatic nitrogens is 4. The fraction of sp³-hybridized carbons (Fsp3) is 0.235. The fourth-order valence-electron chi connectivity index (χ4n) is 2.27. The summed E-state index contributed by atoms with van der Waals surface area (Å²) in [5, 5.41) is 23.3. The molecule has 3 rings (SSSR count). The van der Waals surface area contributed by atoms with E-state index in [0.717, 1.165) is 5.69 Å². The summed E-state index contributed by atoms with van der Waals surface area (Å²) in [6.07, 6.45) is 0. The third kappa shape index (κ3) is 4.17. The second-order valence-corrected chi connectivity index (χ2v) is 6.66. The van der Waals surface area contributed by atoms with Crippen molar-refractivity contribution in [3.8, 4) is 11.4 Å². The van der Waals surface area contributed by atoms with Crippen molar-refractivity contribution in [3.63, 3.8) is 0 Å². The number of nitro groups is 1. The molecule has 0 atom stereocenters. The Bertz CT molecular complexity index is 928. The van der Waals surface area contributed by atoms with Gasteiger partial charge in [0, 0.05) is 11.8 Å². The Balaban J connectivity index is 1.59. The molecular formula is C17H17N5O3S. The Kier molecular flexibility index (Phi) is 5.47. The van der Waals surface area contributed by atoms with Crippen molar-refractivity contribution in [1.82, 2.24) is 20.2 Å². The molecule has 0 N–H and O–H groups in total. The van der Waals surface area contributed by atoms with Crippen molar-refractivity contribution in [2.45, 2.75) is 19.0 Å². The van der Waals surface area contributed by atoms with Crippen molar-refractivity contribution >= 4 is 17.4 Å². The van der Waals surface area contributed by atoms with Gasteiger partial charge in [-0.25, -0.2) is 0 Å². The molecule has 0 fully saturated rings. The van der Waals surface area contributed by atoms with Gasteiger partial charge in [-0.1, -0.05) is 23.9 Å². The first-order valence-electron chi connectivity index (χ1n) is 7.90. The summed E-state index contributed by atoms with van der Waals surface area (Å²) >= 11 is 1.46. The predicted molar refractivity (Wildman–Crippen MR) is 97.9 cm³/mol. The highest BCUT2D eigenvalue weighted by molar-refractivity contribution is 7.99. The summed E-state index contributed by atoms with van der Waals surface area (Å²) in [5.41, 5.74) is 3.29. The van der Waals surface area contributed by atoms with Crippen LogP contribution in [-0.2, 0) is 0 Å². The number of tetrazole rings is 1. The lowest BCUT2D eigenvalue weighted by molar-refractivity contribution is -0.384. The van der Waals surface area contributed by atoms with Gasteiger partial charge in [-0.05, 0) is 53.6 Å². The van der Waals surface area contributed by atoms with Crippen LogP contribution in [0.5, 0.6) is 5.75 Å². The van der Waals surface area contributed by atoms with Gasteiger partial charge in [0.15, 0.2) is 0 Å². The Morgan fingerprint density at radius 1 is 1.19 bits per heavy atom. The highest BCUT2D eigenvalue weighted by Gasteiger charge is 2.10. The molecule has 0 aliphatic carbocycles. The molecule has 0 aliphatic heterocycles. The molecule has 0 aliphatic rings. The van der Waals surface area contributed by atoms with Crippen molar-refractivity contribution in [1.29, 1.82) is 0 Å². The molecule has 2 aromatic carbocycles. The third-order valence-corrected chi connectivity index (χ3v) is 4.67. The molecule has 0 spiro atoms. The number of hydrogen-bond acceptors (Lipinski definition) is 7. The van der Waals surface area contributed by atoms with Crippen molar-refractivity contribution in [2.24, 2.45) is 0 Å². The fourth-order valence-corrected chi connectivity index (χ4v) is 2.98. The molecule has 8 nitrogen and oxygen atoms in total. The first kappa shape index (κ1) is 17.9. The highest BCUT2D eigenvalue weighted by atomic mass is 32.2. The van der Waals surface area contributed by atoms with Crippen LogP contribution < -0.4 is 4.74 Å². The lowest BCUT2D eigenvalue weighted by Gasteiger charge is -2.08. The SMILES string of the molecule is Cc1ccc(-n2nnnc2SCCOc2cccc([N+](=O)[O-])c2)cc1C. The molecule has 26 heavy (non-hydrogen) atoms. The van der Waals surface area contributed by atoms with Crippen LogP contribution in [0.25, 0.3) is 5.69 Å². The summed E-state index contributed by atoms with van der Waals surface area (Å²) < 4.78 is 7.26. The van der Waals surface area contributed by atoms with Crippen LogP contribution in [0.3, 0.4) is 0 Å². The molecule has 0 saturated heterocycles. The summed E-state index contributed by atoms with van der Waals surface area (Å²) in [7, 11) is 0. The molecule has 134 valence electrons. The second kappa shape index (κ2) is 7.96. The largest absolute Gasteiger partial charge is 0.492 e. The smallest absolute Gasteiger partial charge is 0.273 e. The lowest BCUT2D eigenvalue weighted by Crippen LogP contribution is -2.04. The van der Waals surface area contributed by atoms with Gasteiger partial charge in [0.25, 0.3) is 5.69 Å². The molecular weight excluding hydrogens is 354 g/mol. The quantitative estimate of drug-likeness (QED) is 0.272. The summed E-state index contributed by atoms with van der Waals surface area (Å²) in [4.78, 5) is 10.3. The summed E-state index contributed by atoms with van der Waals surface area (Å²) in [5.74, 6) is 1.07. The molecule has 0 saturated carbocycles. The molecule has 9 heteroatoms. The van der Waals surface area contributed by atoms with E-state index in [1.54, 1.807) is 16.8 Å². The van der Waals surface area contributed by atoms with E-state index in [-0.39, 0.29) is 5.69 Å². The van der Waals surface area contributed by atoms with Crippen LogP contribution in [0.1, 0.15) is 11.1 Å². The Morgan fingerprint density at radius 2 is 2.04 bits per heavy atom. The van der Waals surface area contributed by atoms with Gasteiger partial charge in [-0.15, -0.1) is 5.10 Å². The molecule has 0 radical (unpaired) electrons. The number of non-ortho nitro benzene ring substituents is 1. The number of nitrogens with zero attached hydrogens (tertiary/aromatic N) is 5. The Labute approximate surface area is 154 Å². The zero-order valence-corrected chi connectivity index (χ0v) is 15.1. The summed E-state index contributed by atoms with van der Waals surface area (Å²) in [6, 6.07) is 12.2. The molecule has 3 aromatic rings. The van der Waals surface area contributed by atoms with E-state index < -0.39 is 4.92 Å². The van der Waals surface area contributed by atoms with E-state index in [4.69, 9.17) is 4.74 Å². The Morgan fingerprint density at radius 3 is 2.81 bits per heavy atom. The monoisotopic (exact) mass is 371 g/mol. The van der Waals surface area contributed by atoms with Gasteiger partial charge >= 0.3 is 0 Å². The maximum atomic E-state index is 10.8. The van der Waals surface area contributed by atoms with Crippen molar-refractivity contribution in [2.75, 3.05) is 12.4 Å². The normalized spacial score (nSPS) is 10.7. The number of hydrogen-bond donors (Lipinski definition) is 0. The number of rotatable bonds is 7. The first-order chi connectivity index (χ1) is 12.5. The van der Waals surface area contributed by atoms with E-state index >= 15 is 0 Å². The van der Waals surface area contributed by atoms with E-state index in [1.807, 2.05) is 25.1 Å². The maximum Gasteiger partial charge on any atom is 0.273 e. The van der Waals surface area contributed by atoms with Crippen LogP contribution >= 0.6 is 11.8 Å². The van der Waals surface area contributed by atoms with E-state index in [1.165, 1.54) is 35.0 Å². The molecule has 0 unspecified atom stereocenters. The van der Waals surface area contributed by atoms with Crippen molar-refractivity contribution < 1.29 is 9.66 Å². The number of nitro benzene ring substituents is 1. The lowest BCUT2D eigenvalue weighted by atomic mass is 10.1. The Hall–Kier alpha value is -2.94. The minimum Gasteiger partial charge on any atom is -0.492 e. The van der Waals surface area contributed by atoms with Crippen LogP contribution in [0.15, 0.2) is 47.6 Å². The molecule has 1 aromatic heterocycles. The van der Waals surface area contributed by atoms with Gasteiger partial charge in [-0.3, -0.25) is 10.1 Å². The standard InChI is InChI=1S/C17H17N5O3S/c1-12-6-7-14(10-13(12)2)21-17(18-19-20-21)26-9-8-25-16-5-3-4-15(11-16)22(23)24/h3-7,10-11H,8-9H2,1-2H3. The van der Waals surface area contributed by atoms with Crippen molar-refractivity contribution in [3.05, 3.63) is 63.7 Å². The highest BCUT2D eigenvalue weighted by Crippen LogP contribution is 2.22. The average Bonchev–Trinajstić information content (AvgIpc) is 3.10. The van der Waals surface area contributed by atoms with Crippen LogP contribution in [0, 0.1) is 24.0 Å². The van der Waals surface area contributed by atoms with E-state index in [9.17, 15) is 10.1 Å². The van der Waals surface area contributed by atoms with Crippen LogP contribution in [0.4, 0.5) is 5.69 Å². The topological polar surface area (TPSA) is 96.0 Å². The second-order valence-electron chi connectivity index (χ2n) is 5.59. The van der Waals surface area contributed by atoms with Crippen LogP contribution in [0.2, 0.25) is 0 Å². The van der Waals surface area contributed by atoms with Gasteiger partial charge < -0.3 is 4.74 Å². The van der Waals surface area contributed by atoms with E-state index in [0.29, 0.717) is 23.3 Å². The van der Waals surface area contributed by atoms with Gasteiger partial charge in [0.05, 0.1) is 23.3 Å². The number of aryl methyl sites for hydroxylation is 2. The third-order valence-electron chi connectivity index (χ3n) is 3.79. The molecule has 0 amide bonds. The average molecular weight is 371 g/mol. The van der Waals surface area contributed by atoms with Crippen LogP contribution in [-0.4, -0.2) is 37.5 Å².